The molecule has 5 nitrogen and oxygen atoms in total. The maximum absolute atomic E-state index is 12.5. The quantitative estimate of drug-likeness (QED) is 0.613. The second kappa shape index (κ2) is 3.61. The second-order valence-corrected chi connectivity index (χ2v) is 2.15. The number of carboxylic acid groups (broad SMARTS) is 1. The van der Waals surface area contributed by atoms with E-state index >= 15 is 0 Å². The third kappa shape index (κ3) is 2.51. The summed E-state index contributed by atoms with van der Waals surface area (Å²) in [7, 11) is 0. The molecule has 0 unspecified atom stereocenters. The van der Waals surface area contributed by atoms with Gasteiger partial charge < -0.3 is 10.4 Å². The van der Waals surface area contributed by atoms with Crippen molar-refractivity contribution in [2.75, 3.05) is 5.32 Å². The van der Waals surface area contributed by atoms with Crippen molar-refractivity contribution < 1.29 is 19.1 Å². The largest absolute Gasteiger partial charge is 0.474 e. The van der Waals surface area contributed by atoms with E-state index in [2.05, 4.69) is 4.98 Å². The van der Waals surface area contributed by atoms with Crippen molar-refractivity contribution in [1.82, 2.24) is 4.98 Å². The lowest BCUT2D eigenvalue weighted by molar-refractivity contribution is -0.147. The number of nitrogens with one attached hydrogen (secondary N) is 1. The summed E-state index contributed by atoms with van der Waals surface area (Å²) in [5.74, 6) is -3.51. The Morgan fingerprint density at radius 3 is 2.69 bits per heavy atom. The molecule has 68 valence electrons. The van der Waals surface area contributed by atoms with E-state index in [-0.39, 0.29) is 5.69 Å². The predicted molar refractivity (Wildman–Crippen MR) is 40.5 cm³/mol. The molecule has 2 N–H and O–H groups in total. The lowest BCUT2D eigenvalue weighted by Crippen LogP contribution is -2.21. The topological polar surface area (TPSA) is 79.3 Å². The Hall–Kier alpha value is -1.98. The molecule has 13 heavy (non-hydrogen) atoms. The monoisotopic (exact) mass is 184 g/mol. The molecular weight excluding hydrogens is 179 g/mol. The highest BCUT2D eigenvalue weighted by atomic mass is 19.1. The highest BCUT2D eigenvalue weighted by Crippen LogP contribution is 2.05. The van der Waals surface area contributed by atoms with E-state index in [1.165, 1.54) is 0 Å². The van der Waals surface area contributed by atoms with E-state index in [1.54, 1.807) is 0 Å². The molecule has 0 saturated carbocycles. The Labute approximate surface area is 72.2 Å². The number of aliphatic carboxylic acids is 1. The van der Waals surface area contributed by atoms with Gasteiger partial charge in [-0.15, -0.1) is 0 Å². The Balaban J connectivity index is 2.75. The SMILES string of the molecule is O=C(O)C(=O)Nc1cncc(F)c1. The third-order valence-corrected chi connectivity index (χ3v) is 1.16. The van der Waals surface area contributed by atoms with E-state index in [9.17, 15) is 14.0 Å². The molecule has 0 aliphatic heterocycles. The number of aromatic nitrogens is 1. The van der Waals surface area contributed by atoms with Gasteiger partial charge in [0.05, 0.1) is 18.1 Å². The van der Waals surface area contributed by atoms with Crippen molar-refractivity contribution in [2.45, 2.75) is 0 Å². The number of nitrogens with zero attached hydrogens (tertiary/aromatic N) is 1. The van der Waals surface area contributed by atoms with Crippen LogP contribution in [-0.2, 0) is 9.59 Å². The zero-order valence-corrected chi connectivity index (χ0v) is 6.32. The van der Waals surface area contributed by atoms with Crippen LogP contribution in [0.2, 0.25) is 0 Å². The van der Waals surface area contributed by atoms with Crippen LogP contribution in [0.3, 0.4) is 0 Å². The molecule has 0 fully saturated rings. The van der Waals surface area contributed by atoms with Gasteiger partial charge in [0.2, 0.25) is 0 Å². The Bertz CT molecular complexity index is 353. The molecule has 6 heteroatoms. The van der Waals surface area contributed by atoms with Crippen LogP contribution in [0.25, 0.3) is 0 Å². The minimum atomic E-state index is -1.63. The number of carboxylic acids is 1. The number of rotatable bonds is 1. The lowest BCUT2D eigenvalue weighted by Gasteiger charge is -1.99. The number of amides is 1. The number of carbonyl (C=O) groups excluding carboxylic acids is 1. The first-order chi connectivity index (χ1) is 6.09. The number of hydrogen-bond donors (Lipinski definition) is 2. The summed E-state index contributed by atoms with van der Waals surface area (Å²) >= 11 is 0. The van der Waals surface area contributed by atoms with Gasteiger partial charge in [-0.25, -0.2) is 9.18 Å². The molecule has 0 radical (unpaired) electrons. The van der Waals surface area contributed by atoms with Crippen LogP contribution in [-0.4, -0.2) is 22.0 Å². The highest BCUT2D eigenvalue weighted by Gasteiger charge is 2.10. The van der Waals surface area contributed by atoms with E-state index in [4.69, 9.17) is 5.11 Å². The maximum Gasteiger partial charge on any atom is 0.394 e. The number of hydrogen-bond acceptors (Lipinski definition) is 3. The summed E-state index contributed by atoms with van der Waals surface area (Å²) in [5, 5.41) is 10.1. The van der Waals surface area contributed by atoms with Crippen LogP contribution in [0.1, 0.15) is 0 Å². The molecule has 0 aliphatic rings. The van der Waals surface area contributed by atoms with E-state index in [0.717, 1.165) is 18.5 Å². The lowest BCUT2D eigenvalue weighted by atomic mass is 10.4. The fourth-order valence-corrected chi connectivity index (χ4v) is 0.665. The highest BCUT2D eigenvalue weighted by molar-refractivity contribution is 6.36. The first-order valence-corrected chi connectivity index (χ1v) is 3.24. The van der Waals surface area contributed by atoms with Crippen molar-refractivity contribution in [3.05, 3.63) is 24.3 Å². The van der Waals surface area contributed by atoms with Crippen molar-refractivity contribution >= 4 is 17.6 Å². The van der Waals surface area contributed by atoms with Gasteiger partial charge in [0.1, 0.15) is 5.82 Å². The van der Waals surface area contributed by atoms with E-state index in [0.29, 0.717) is 0 Å². The van der Waals surface area contributed by atoms with Gasteiger partial charge in [0, 0.05) is 6.07 Å². The fraction of sp³-hybridized carbons (Fsp3) is 0. The molecule has 0 aromatic carbocycles. The predicted octanol–water partition coefficient (Wildman–Crippen LogP) is 0.244. The standard InChI is InChI=1S/C7H5FN2O3/c8-4-1-5(3-9-2-4)10-6(11)7(12)13/h1-3H,(H,10,11)(H,12,13). The summed E-state index contributed by atoms with van der Waals surface area (Å²) in [6, 6.07) is 0.966. The van der Waals surface area contributed by atoms with Gasteiger partial charge >= 0.3 is 11.9 Å². The first kappa shape index (κ1) is 9.11. The van der Waals surface area contributed by atoms with Crippen molar-refractivity contribution in [3.63, 3.8) is 0 Å². The Morgan fingerprint density at radius 2 is 2.15 bits per heavy atom. The Kier molecular flexibility index (Phi) is 2.53. The summed E-state index contributed by atoms with van der Waals surface area (Å²) in [6.45, 7) is 0. The molecule has 0 saturated heterocycles. The van der Waals surface area contributed by atoms with E-state index in [1.807, 2.05) is 5.32 Å². The van der Waals surface area contributed by atoms with Crippen LogP contribution < -0.4 is 5.32 Å². The van der Waals surface area contributed by atoms with Gasteiger partial charge in [-0.3, -0.25) is 9.78 Å². The summed E-state index contributed by atoms with van der Waals surface area (Å²) in [5.41, 5.74) is 0.00685. The van der Waals surface area contributed by atoms with Crippen molar-refractivity contribution in [2.24, 2.45) is 0 Å². The molecule has 0 aliphatic carbocycles. The molecule has 1 aromatic heterocycles. The van der Waals surface area contributed by atoms with Gasteiger partial charge in [-0.05, 0) is 0 Å². The molecular formula is C7H5FN2O3. The average molecular weight is 184 g/mol. The molecule has 0 atom stereocenters. The van der Waals surface area contributed by atoms with Gasteiger partial charge in [0.15, 0.2) is 0 Å². The van der Waals surface area contributed by atoms with Crippen molar-refractivity contribution in [3.8, 4) is 0 Å². The normalized spacial score (nSPS) is 9.31. The maximum atomic E-state index is 12.5. The smallest absolute Gasteiger partial charge is 0.394 e. The number of halogens is 1. The third-order valence-electron chi connectivity index (χ3n) is 1.16. The summed E-state index contributed by atoms with van der Waals surface area (Å²) in [6.07, 6.45) is 2.08. The van der Waals surface area contributed by atoms with Crippen LogP contribution in [0.5, 0.6) is 0 Å². The van der Waals surface area contributed by atoms with Crippen LogP contribution in [0.4, 0.5) is 10.1 Å². The zero-order valence-electron chi connectivity index (χ0n) is 6.32. The zero-order chi connectivity index (χ0) is 9.84. The van der Waals surface area contributed by atoms with Gasteiger partial charge in [0.25, 0.3) is 0 Å². The van der Waals surface area contributed by atoms with Crippen LogP contribution in [0, 0.1) is 5.82 Å². The first-order valence-electron chi connectivity index (χ1n) is 3.24. The van der Waals surface area contributed by atoms with Crippen LogP contribution in [0.15, 0.2) is 18.5 Å². The molecule has 1 heterocycles. The second-order valence-electron chi connectivity index (χ2n) is 2.15. The van der Waals surface area contributed by atoms with E-state index < -0.39 is 17.7 Å². The minimum Gasteiger partial charge on any atom is -0.474 e. The molecule has 0 spiro atoms. The van der Waals surface area contributed by atoms with Crippen LogP contribution >= 0.6 is 0 Å². The van der Waals surface area contributed by atoms with Gasteiger partial charge in [-0.2, -0.15) is 0 Å². The molecule has 1 amide bonds. The summed E-state index contributed by atoms with van der Waals surface area (Å²) in [4.78, 5) is 24.0. The fourth-order valence-electron chi connectivity index (χ4n) is 0.665. The molecule has 1 aromatic rings. The molecule has 0 bridgehead atoms. The van der Waals surface area contributed by atoms with Crippen molar-refractivity contribution in [1.29, 1.82) is 0 Å². The average Bonchev–Trinajstić information content (AvgIpc) is 2.04. The Morgan fingerprint density at radius 1 is 1.46 bits per heavy atom. The number of carbonyl (C=O) groups is 2. The summed E-state index contributed by atoms with van der Waals surface area (Å²) < 4.78 is 12.5. The molecule has 1 rings (SSSR count). The number of pyridine rings is 1. The van der Waals surface area contributed by atoms with Gasteiger partial charge in [-0.1, -0.05) is 0 Å². The minimum absolute atomic E-state index is 0.00685. The number of anilines is 1.